The second-order valence-corrected chi connectivity index (χ2v) is 12.9. The summed E-state index contributed by atoms with van der Waals surface area (Å²) in [7, 11) is 0. The molecule has 4 aliphatic carbocycles. The third-order valence-corrected chi connectivity index (χ3v) is 11.3. The summed E-state index contributed by atoms with van der Waals surface area (Å²) in [5, 5.41) is 0. The second-order valence-electron chi connectivity index (χ2n) is 12.9. The molecule has 4 fully saturated rings. The molecule has 0 aromatic rings. The highest BCUT2D eigenvalue weighted by molar-refractivity contribution is 5.90. The van der Waals surface area contributed by atoms with Crippen molar-refractivity contribution in [3.63, 3.8) is 0 Å². The van der Waals surface area contributed by atoms with E-state index in [9.17, 15) is 9.59 Å². The van der Waals surface area contributed by atoms with Crippen molar-refractivity contribution in [2.24, 2.45) is 58.2 Å². The number of carbonyl (C=O) groups is 2. The molecule has 4 aliphatic rings. The van der Waals surface area contributed by atoms with Crippen LogP contribution in [0.15, 0.2) is 0 Å². The molecule has 0 bridgehead atoms. The Labute approximate surface area is 185 Å². The minimum atomic E-state index is 0.0259. The van der Waals surface area contributed by atoms with Crippen LogP contribution in [0.4, 0.5) is 0 Å². The number of fused-ring (bicyclic) bond motifs is 5. The molecule has 0 unspecified atom stereocenters. The van der Waals surface area contributed by atoms with Crippen molar-refractivity contribution in [1.82, 2.24) is 0 Å². The number of rotatable bonds is 5. The molecule has 0 aromatic carbocycles. The van der Waals surface area contributed by atoms with E-state index in [1.165, 1.54) is 38.5 Å². The lowest BCUT2D eigenvalue weighted by atomic mass is 9.44. The average molecular weight is 415 g/mol. The molecule has 0 N–H and O–H groups in total. The lowest BCUT2D eigenvalue weighted by molar-refractivity contribution is -0.159. The molecule has 30 heavy (non-hydrogen) atoms. The normalized spacial score (nSPS) is 45.6. The van der Waals surface area contributed by atoms with Crippen LogP contribution in [0.5, 0.6) is 0 Å². The molecule has 2 heteroatoms. The maximum absolute atomic E-state index is 13.2. The Kier molecular flexibility index (Phi) is 6.04. The lowest BCUT2D eigenvalue weighted by Crippen LogP contribution is -2.56. The van der Waals surface area contributed by atoms with E-state index in [1.54, 1.807) is 0 Å². The van der Waals surface area contributed by atoms with Gasteiger partial charge in [0.2, 0.25) is 0 Å². The molecule has 0 amide bonds. The van der Waals surface area contributed by atoms with Gasteiger partial charge in [-0.25, -0.2) is 0 Å². The smallest absolute Gasteiger partial charge is 0.137 e. The van der Waals surface area contributed by atoms with Crippen molar-refractivity contribution < 1.29 is 9.59 Å². The van der Waals surface area contributed by atoms with Gasteiger partial charge < -0.3 is 0 Å². The van der Waals surface area contributed by atoms with Crippen molar-refractivity contribution >= 4 is 11.6 Å². The summed E-state index contributed by atoms with van der Waals surface area (Å²) in [6, 6.07) is 0. The Bertz CT molecular complexity index is 680. The van der Waals surface area contributed by atoms with Gasteiger partial charge >= 0.3 is 0 Å². The highest BCUT2D eigenvalue weighted by Crippen LogP contribution is 2.67. The van der Waals surface area contributed by atoms with Gasteiger partial charge in [-0.1, -0.05) is 54.4 Å². The summed E-state index contributed by atoms with van der Waals surface area (Å²) in [4.78, 5) is 25.3. The summed E-state index contributed by atoms with van der Waals surface area (Å²) >= 11 is 0. The zero-order valence-electron chi connectivity index (χ0n) is 20.5. The molecule has 4 rings (SSSR count). The third-order valence-electron chi connectivity index (χ3n) is 11.3. The molecule has 0 saturated heterocycles. The summed E-state index contributed by atoms with van der Waals surface area (Å²) in [6.07, 6.45) is 11.0. The molecular weight excluding hydrogens is 368 g/mol. The Hall–Kier alpha value is -0.660. The molecule has 0 heterocycles. The topological polar surface area (TPSA) is 34.1 Å². The molecule has 9 atom stereocenters. The van der Waals surface area contributed by atoms with Gasteiger partial charge in [-0.3, -0.25) is 9.59 Å². The Morgan fingerprint density at radius 1 is 0.867 bits per heavy atom. The minimum absolute atomic E-state index is 0.0259. The van der Waals surface area contributed by atoms with E-state index in [-0.39, 0.29) is 11.3 Å². The monoisotopic (exact) mass is 414 g/mol. The quantitative estimate of drug-likeness (QED) is 0.480. The molecule has 0 aliphatic heterocycles. The Morgan fingerprint density at radius 3 is 2.27 bits per heavy atom. The van der Waals surface area contributed by atoms with Crippen molar-refractivity contribution in [3.05, 3.63) is 0 Å². The van der Waals surface area contributed by atoms with Crippen LogP contribution < -0.4 is 0 Å². The largest absolute Gasteiger partial charge is 0.300 e. The van der Waals surface area contributed by atoms with Gasteiger partial charge in [0.15, 0.2) is 0 Å². The summed E-state index contributed by atoms with van der Waals surface area (Å²) in [5.74, 6) is 5.99. The third kappa shape index (κ3) is 3.53. The number of hydrogen-bond acceptors (Lipinski definition) is 2. The Balaban J connectivity index is 1.51. The van der Waals surface area contributed by atoms with E-state index in [2.05, 4.69) is 41.5 Å². The molecule has 2 nitrogen and oxygen atoms in total. The molecule has 0 aromatic heterocycles. The van der Waals surface area contributed by atoms with Crippen LogP contribution in [-0.2, 0) is 9.59 Å². The van der Waals surface area contributed by atoms with Gasteiger partial charge in [-0.15, -0.1) is 0 Å². The zero-order valence-corrected chi connectivity index (χ0v) is 20.5. The molecule has 0 spiro atoms. The van der Waals surface area contributed by atoms with Crippen LogP contribution >= 0.6 is 0 Å². The first-order valence-corrected chi connectivity index (χ1v) is 13.1. The number of ketones is 2. The van der Waals surface area contributed by atoms with Crippen LogP contribution in [0, 0.1) is 58.2 Å². The van der Waals surface area contributed by atoms with Gasteiger partial charge in [0.1, 0.15) is 11.6 Å². The predicted octanol–water partition coefficient (Wildman–Crippen LogP) is 7.10. The molecular formula is C28H46O2. The van der Waals surface area contributed by atoms with Crippen LogP contribution in [0.2, 0.25) is 0 Å². The van der Waals surface area contributed by atoms with E-state index < -0.39 is 0 Å². The first kappa shape index (κ1) is 22.5. The SMILES string of the molecule is CC(C)[C@@H](C)CC[C@@H](C)[C@H]1CC[C@H]2[C@@H]3CC(=O)[C@@H]4CC(=O)CC[C@]4(C)[C@H]3CC[C@]12C. The fourth-order valence-corrected chi connectivity index (χ4v) is 8.87. The molecule has 170 valence electrons. The summed E-state index contributed by atoms with van der Waals surface area (Å²) in [5.41, 5.74) is 0.515. The summed E-state index contributed by atoms with van der Waals surface area (Å²) in [6.45, 7) is 14.6. The van der Waals surface area contributed by atoms with Crippen LogP contribution in [0.25, 0.3) is 0 Å². The standard InChI is InChI=1S/C28H46O2/c1-17(2)18(3)7-8-19(4)22-9-10-23-21-16-26(30)25-15-20(29)11-13-28(25,6)24(21)12-14-27(22,23)5/h17-19,21-25H,7-16H2,1-6H3/t18-,19+,21-,22+,23-,24-,25-,27+,28+/m0/s1. The second kappa shape index (κ2) is 8.04. The van der Waals surface area contributed by atoms with E-state index in [0.717, 1.165) is 42.4 Å². The fourth-order valence-electron chi connectivity index (χ4n) is 8.87. The molecule has 0 radical (unpaired) electrons. The number of carbonyl (C=O) groups excluding carboxylic acids is 2. The van der Waals surface area contributed by atoms with E-state index in [1.807, 2.05) is 0 Å². The van der Waals surface area contributed by atoms with Crippen molar-refractivity contribution in [1.29, 1.82) is 0 Å². The van der Waals surface area contributed by atoms with Gasteiger partial charge in [0.25, 0.3) is 0 Å². The van der Waals surface area contributed by atoms with Crippen LogP contribution in [-0.4, -0.2) is 11.6 Å². The predicted molar refractivity (Wildman–Crippen MR) is 123 cm³/mol. The lowest BCUT2D eigenvalue weighted by Gasteiger charge is -2.59. The first-order valence-electron chi connectivity index (χ1n) is 13.1. The summed E-state index contributed by atoms with van der Waals surface area (Å²) < 4.78 is 0. The fraction of sp³-hybridized carbons (Fsp3) is 0.929. The number of Topliss-reactive ketones (excluding diaryl/α,β-unsaturated/α-hetero) is 2. The maximum atomic E-state index is 13.2. The van der Waals surface area contributed by atoms with Crippen molar-refractivity contribution in [2.75, 3.05) is 0 Å². The van der Waals surface area contributed by atoms with Gasteiger partial charge in [-0.05, 0) is 84.4 Å². The first-order chi connectivity index (χ1) is 14.1. The van der Waals surface area contributed by atoms with Crippen LogP contribution in [0.3, 0.4) is 0 Å². The highest BCUT2D eigenvalue weighted by Gasteiger charge is 2.62. The van der Waals surface area contributed by atoms with Gasteiger partial charge in [0.05, 0.1) is 0 Å². The van der Waals surface area contributed by atoms with Gasteiger partial charge in [-0.2, -0.15) is 0 Å². The van der Waals surface area contributed by atoms with E-state index in [4.69, 9.17) is 0 Å². The highest BCUT2D eigenvalue weighted by atomic mass is 16.1. The average Bonchev–Trinajstić information content (AvgIpc) is 3.04. The molecule has 4 saturated carbocycles. The maximum Gasteiger partial charge on any atom is 0.137 e. The van der Waals surface area contributed by atoms with Crippen LogP contribution in [0.1, 0.15) is 106 Å². The van der Waals surface area contributed by atoms with E-state index in [0.29, 0.717) is 41.7 Å². The minimum Gasteiger partial charge on any atom is -0.300 e. The number of hydrogen-bond donors (Lipinski definition) is 0. The Morgan fingerprint density at radius 2 is 1.57 bits per heavy atom. The van der Waals surface area contributed by atoms with Gasteiger partial charge in [0, 0.05) is 25.2 Å². The zero-order chi connectivity index (χ0) is 21.8. The van der Waals surface area contributed by atoms with E-state index >= 15 is 0 Å². The van der Waals surface area contributed by atoms with Crippen molar-refractivity contribution in [3.8, 4) is 0 Å². The van der Waals surface area contributed by atoms with Crippen molar-refractivity contribution in [2.45, 2.75) is 106 Å².